The fourth-order valence-electron chi connectivity index (χ4n) is 4.63. The molecule has 3 aromatic rings. The summed E-state index contributed by atoms with van der Waals surface area (Å²) in [4.78, 5) is 15.4. The van der Waals surface area contributed by atoms with Gasteiger partial charge in [-0.3, -0.25) is 0 Å². The predicted octanol–water partition coefficient (Wildman–Crippen LogP) is 4.55. The molecule has 2 aromatic heterocycles. The van der Waals surface area contributed by atoms with Crippen LogP contribution < -0.4 is 15.0 Å². The maximum absolute atomic E-state index is 12.9. The van der Waals surface area contributed by atoms with Crippen molar-refractivity contribution in [1.82, 2.24) is 24.7 Å². The number of piperidine rings is 1. The van der Waals surface area contributed by atoms with Crippen molar-refractivity contribution in [2.75, 3.05) is 23.3 Å². The quantitative estimate of drug-likeness (QED) is 0.584. The van der Waals surface area contributed by atoms with E-state index in [9.17, 15) is 4.39 Å². The van der Waals surface area contributed by atoms with Gasteiger partial charge in [0.15, 0.2) is 0 Å². The van der Waals surface area contributed by atoms with Crippen LogP contribution in [-0.2, 0) is 0 Å². The highest BCUT2D eigenvalue weighted by molar-refractivity contribution is 6.30. The summed E-state index contributed by atoms with van der Waals surface area (Å²) in [5, 5.41) is 8.39. The largest absolute Gasteiger partial charge is 0.424 e. The molecule has 1 aromatic carbocycles. The lowest BCUT2D eigenvalue weighted by molar-refractivity contribution is 0.374. The van der Waals surface area contributed by atoms with Gasteiger partial charge in [-0.05, 0) is 49.8 Å². The number of benzene rings is 1. The highest BCUT2D eigenvalue weighted by Crippen LogP contribution is 2.39. The summed E-state index contributed by atoms with van der Waals surface area (Å²) in [6.07, 6.45) is 5.43. The topological polar surface area (TPSA) is 81.0 Å². The second kappa shape index (κ2) is 8.74. The minimum absolute atomic E-state index is 0.157. The minimum Gasteiger partial charge on any atom is -0.424 e. The van der Waals surface area contributed by atoms with Crippen LogP contribution in [0.1, 0.15) is 18.5 Å². The van der Waals surface area contributed by atoms with Gasteiger partial charge in [-0.2, -0.15) is 9.67 Å². The molecule has 1 saturated heterocycles. The van der Waals surface area contributed by atoms with E-state index < -0.39 is 0 Å². The second-order valence-electron chi connectivity index (χ2n) is 8.19. The van der Waals surface area contributed by atoms with Crippen LogP contribution >= 0.6 is 11.6 Å². The van der Waals surface area contributed by atoms with Crippen molar-refractivity contribution in [2.24, 2.45) is 11.8 Å². The summed E-state index contributed by atoms with van der Waals surface area (Å²) >= 11 is 6.03. The molecule has 1 unspecified atom stereocenters. The number of hydrogen-bond acceptors (Lipinski definition) is 7. The summed E-state index contributed by atoms with van der Waals surface area (Å²) in [5.74, 6) is 2.75. The van der Waals surface area contributed by atoms with Gasteiger partial charge in [0.25, 0.3) is 0 Å². The van der Waals surface area contributed by atoms with E-state index in [-0.39, 0.29) is 12.1 Å². The van der Waals surface area contributed by atoms with Crippen molar-refractivity contribution in [3.63, 3.8) is 0 Å². The third-order valence-electron chi connectivity index (χ3n) is 6.05. The zero-order valence-electron chi connectivity index (χ0n) is 17.5. The standard InChI is InChI=1S/C22H23ClFN7O/c1-14-9-19(26-13-25-14)30-11-15-5-6-16(12-30)20(15)27-21-28-22(31(29-21)8-7-24)32-18-4-2-3-17(23)10-18/h2-4,7-10,13,15-16,20H,5-6,11-12H2,1H3,(H,27,29)/t15-,16+,20?. The fourth-order valence-corrected chi connectivity index (χ4v) is 4.81. The van der Waals surface area contributed by atoms with Crippen LogP contribution in [0.15, 0.2) is 43.0 Å². The van der Waals surface area contributed by atoms with Gasteiger partial charge >= 0.3 is 6.01 Å². The Morgan fingerprint density at radius 3 is 2.72 bits per heavy atom. The molecular weight excluding hydrogens is 433 g/mol. The van der Waals surface area contributed by atoms with Crippen LogP contribution in [0.4, 0.5) is 16.2 Å². The molecule has 2 fully saturated rings. The van der Waals surface area contributed by atoms with Crippen molar-refractivity contribution in [3.05, 3.63) is 53.7 Å². The normalized spacial score (nSPS) is 22.5. The van der Waals surface area contributed by atoms with Crippen LogP contribution in [0, 0.1) is 18.8 Å². The lowest BCUT2D eigenvalue weighted by Crippen LogP contribution is -2.48. The first-order valence-corrected chi connectivity index (χ1v) is 10.9. The molecular formula is C22H23ClFN7O. The summed E-state index contributed by atoms with van der Waals surface area (Å²) in [7, 11) is 0. The number of aryl methyl sites for hydroxylation is 1. The van der Waals surface area contributed by atoms with E-state index in [1.807, 2.05) is 13.0 Å². The first-order chi connectivity index (χ1) is 15.6. The van der Waals surface area contributed by atoms with Crippen molar-refractivity contribution >= 4 is 29.6 Å². The van der Waals surface area contributed by atoms with Crippen LogP contribution in [0.5, 0.6) is 11.8 Å². The first-order valence-electron chi connectivity index (χ1n) is 10.6. The Bertz CT molecular complexity index is 1120. The Morgan fingerprint density at radius 1 is 1.19 bits per heavy atom. The molecule has 10 heteroatoms. The van der Waals surface area contributed by atoms with Gasteiger partial charge in [0.1, 0.15) is 24.2 Å². The van der Waals surface area contributed by atoms with E-state index in [0.29, 0.717) is 34.9 Å². The first kappa shape index (κ1) is 20.7. The van der Waals surface area contributed by atoms with Gasteiger partial charge in [0, 0.05) is 35.9 Å². The molecule has 2 aliphatic rings. The van der Waals surface area contributed by atoms with Gasteiger partial charge in [-0.1, -0.05) is 17.7 Å². The molecule has 32 heavy (non-hydrogen) atoms. The van der Waals surface area contributed by atoms with Gasteiger partial charge in [-0.15, -0.1) is 5.10 Å². The van der Waals surface area contributed by atoms with Crippen LogP contribution in [0.2, 0.25) is 5.02 Å². The van der Waals surface area contributed by atoms with Crippen molar-refractivity contribution in [3.8, 4) is 11.8 Å². The third kappa shape index (κ3) is 4.25. The monoisotopic (exact) mass is 455 g/mol. The van der Waals surface area contributed by atoms with E-state index in [0.717, 1.165) is 43.6 Å². The van der Waals surface area contributed by atoms with Gasteiger partial charge in [0.05, 0.1) is 6.20 Å². The Morgan fingerprint density at radius 2 is 2.00 bits per heavy atom. The average molecular weight is 456 g/mol. The number of rotatable bonds is 6. The van der Waals surface area contributed by atoms with Gasteiger partial charge in [-0.25, -0.2) is 14.4 Å². The number of anilines is 2. The number of halogens is 2. The Hall–Kier alpha value is -3.20. The predicted molar refractivity (Wildman–Crippen MR) is 121 cm³/mol. The number of hydrogen-bond donors (Lipinski definition) is 1. The maximum atomic E-state index is 12.9. The number of nitrogens with one attached hydrogen (secondary N) is 1. The molecule has 3 heterocycles. The van der Waals surface area contributed by atoms with E-state index in [1.54, 1.807) is 30.6 Å². The summed E-state index contributed by atoms with van der Waals surface area (Å²) in [6.45, 7) is 3.79. The molecule has 0 radical (unpaired) electrons. The molecule has 1 aliphatic carbocycles. The van der Waals surface area contributed by atoms with E-state index >= 15 is 0 Å². The third-order valence-corrected chi connectivity index (χ3v) is 6.28. The zero-order valence-corrected chi connectivity index (χ0v) is 18.3. The van der Waals surface area contributed by atoms with Crippen LogP contribution in [0.3, 0.4) is 0 Å². The minimum atomic E-state index is 0.157. The summed E-state index contributed by atoms with van der Waals surface area (Å²) in [5.41, 5.74) is 0.963. The van der Waals surface area contributed by atoms with E-state index in [4.69, 9.17) is 16.3 Å². The molecule has 8 nitrogen and oxygen atoms in total. The highest BCUT2D eigenvalue weighted by Gasteiger charge is 2.43. The van der Waals surface area contributed by atoms with Crippen molar-refractivity contribution in [2.45, 2.75) is 25.8 Å². The van der Waals surface area contributed by atoms with E-state index in [1.165, 1.54) is 4.68 Å². The lowest BCUT2D eigenvalue weighted by atomic mass is 9.92. The molecule has 1 aliphatic heterocycles. The molecule has 2 bridgehead atoms. The van der Waals surface area contributed by atoms with Crippen molar-refractivity contribution < 1.29 is 9.13 Å². The number of fused-ring (bicyclic) bond motifs is 2. The Kier molecular flexibility index (Phi) is 5.65. The average Bonchev–Trinajstić information content (AvgIpc) is 3.23. The molecule has 0 amide bonds. The molecule has 5 rings (SSSR count). The molecule has 0 spiro atoms. The van der Waals surface area contributed by atoms with Crippen molar-refractivity contribution in [1.29, 1.82) is 0 Å². The fraction of sp³-hybridized carbons (Fsp3) is 0.364. The number of ether oxygens (including phenoxy) is 1. The van der Waals surface area contributed by atoms with Gasteiger partial charge in [0.2, 0.25) is 5.95 Å². The molecule has 3 atom stereocenters. The SMILES string of the molecule is Cc1cc(N2C[C@H]3CC[C@@H](C2)C3Nc2nc(Oc3cccc(Cl)c3)n(C=CF)n2)ncn1. The molecule has 1 saturated carbocycles. The number of nitrogens with zero attached hydrogens (tertiary/aromatic N) is 6. The number of aromatic nitrogens is 5. The van der Waals surface area contributed by atoms with E-state index in [2.05, 4.69) is 30.3 Å². The summed E-state index contributed by atoms with van der Waals surface area (Å²) in [6, 6.07) is 9.35. The zero-order chi connectivity index (χ0) is 22.1. The molecule has 1 N–H and O–H groups in total. The smallest absolute Gasteiger partial charge is 0.326 e. The summed E-state index contributed by atoms with van der Waals surface area (Å²) < 4.78 is 20.0. The lowest BCUT2D eigenvalue weighted by Gasteiger charge is -2.38. The highest BCUT2D eigenvalue weighted by atomic mass is 35.5. The Balaban J connectivity index is 1.32. The Labute approximate surface area is 190 Å². The molecule has 166 valence electrons. The van der Waals surface area contributed by atoms with Gasteiger partial charge < -0.3 is 15.0 Å². The second-order valence-corrected chi connectivity index (χ2v) is 8.62. The maximum Gasteiger partial charge on any atom is 0.326 e. The van der Waals surface area contributed by atoms with Crippen LogP contribution in [-0.4, -0.2) is 43.9 Å². The van der Waals surface area contributed by atoms with Crippen LogP contribution in [0.25, 0.3) is 6.20 Å².